The molecule has 1 fully saturated rings. The molecule has 0 spiro atoms. The highest BCUT2D eigenvalue weighted by atomic mass is 19.4. The molecule has 1 aliphatic rings. The molecule has 8 heteroatoms. The Kier molecular flexibility index (Phi) is 4.12. The van der Waals surface area contributed by atoms with E-state index in [4.69, 9.17) is 4.74 Å². The van der Waals surface area contributed by atoms with Crippen LogP contribution in [-0.2, 0) is 11.3 Å². The Bertz CT molecular complexity index is 614. The maximum Gasteiger partial charge on any atom is 0.415 e. The average molecular weight is 312 g/mol. The smallest absolute Gasteiger partial charge is 0.366 e. The van der Waals surface area contributed by atoms with E-state index in [0.29, 0.717) is 18.8 Å². The number of hydrogen-bond donors (Lipinski definition) is 0. The van der Waals surface area contributed by atoms with Gasteiger partial charge in [0.2, 0.25) is 0 Å². The fraction of sp³-hybridized carbons (Fsp3) is 0.429. The lowest BCUT2D eigenvalue weighted by Crippen LogP contribution is -2.48. The summed E-state index contributed by atoms with van der Waals surface area (Å²) >= 11 is 0. The summed E-state index contributed by atoms with van der Waals surface area (Å²) < 4.78 is 44.5. The third-order valence-electron chi connectivity index (χ3n) is 3.46. The molecule has 2 heterocycles. The second-order valence-electron chi connectivity index (χ2n) is 5.13. The highest BCUT2D eigenvalue weighted by molar-refractivity contribution is 5.29. The number of aromatic nitrogens is 3. The van der Waals surface area contributed by atoms with Gasteiger partial charge in [0, 0.05) is 19.6 Å². The zero-order valence-corrected chi connectivity index (χ0v) is 11.7. The number of halogens is 3. The zero-order chi connectivity index (χ0) is 15.6. The van der Waals surface area contributed by atoms with Crippen molar-refractivity contribution in [2.75, 3.05) is 19.7 Å². The number of ether oxygens (including phenoxy) is 1. The monoisotopic (exact) mass is 312 g/mol. The highest BCUT2D eigenvalue weighted by Gasteiger charge is 2.43. The molecule has 22 heavy (non-hydrogen) atoms. The SMILES string of the molecule is FC(F)(F)[C@@H]1CN(Cc2cn(-c3ccccc3)nn2)CCO1. The van der Waals surface area contributed by atoms with Gasteiger partial charge in [0.1, 0.15) is 0 Å². The van der Waals surface area contributed by atoms with Gasteiger partial charge in [-0.1, -0.05) is 23.4 Å². The summed E-state index contributed by atoms with van der Waals surface area (Å²) in [5, 5.41) is 8.03. The van der Waals surface area contributed by atoms with Crippen molar-refractivity contribution in [1.29, 1.82) is 0 Å². The molecule has 1 saturated heterocycles. The number of alkyl halides is 3. The number of nitrogens with zero attached hydrogens (tertiary/aromatic N) is 4. The molecule has 0 aliphatic carbocycles. The zero-order valence-electron chi connectivity index (χ0n) is 11.7. The quantitative estimate of drug-likeness (QED) is 0.870. The van der Waals surface area contributed by atoms with E-state index >= 15 is 0 Å². The number of benzene rings is 1. The van der Waals surface area contributed by atoms with E-state index < -0.39 is 12.3 Å². The molecule has 0 saturated carbocycles. The van der Waals surface area contributed by atoms with Crippen LogP contribution < -0.4 is 0 Å². The molecule has 1 atom stereocenters. The first-order chi connectivity index (χ1) is 10.5. The molecule has 118 valence electrons. The van der Waals surface area contributed by atoms with Crippen molar-refractivity contribution in [3.8, 4) is 5.69 Å². The van der Waals surface area contributed by atoms with Gasteiger partial charge in [-0.3, -0.25) is 4.90 Å². The summed E-state index contributed by atoms with van der Waals surface area (Å²) in [5.41, 5.74) is 1.49. The summed E-state index contributed by atoms with van der Waals surface area (Å²) in [7, 11) is 0. The van der Waals surface area contributed by atoms with Gasteiger partial charge in [0.25, 0.3) is 0 Å². The second kappa shape index (κ2) is 6.05. The van der Waals surface area contributed by atoms with Gasteiger partial charge < -0.3 is 4.74 Å². The maximum absolute atomic E-state index is 12.7. The van der Waals surface area contributed by atoms with Gasteiger partial charge >= 0.3 is 6.18 Å². The Morgan fingerprint density at radius 2 is 2.00 bits per heavy atom. The molecule has 1 aliphatic heterocycles. The van der Waals surface area contributed by atoms with E-state index in [0.717, 1.165) is 5.69 Å². The molecular weight excluding hydrogens is 297 g/mol. The minimum absolute atomic E-state index is 0.0665. The summed E-state index contributed by atoms with van der Waals surface area (Å²) in [6.07, 6.45) is -4.33. The second-order valence-corrected chi connectivity index (χ2v) is 5.13. The number of morpholine rings is 1. The van der Waals surface area contributed by atoms with Crippen LogP contribution in [-0.4, -0.2) is 51.9 Å². The van der Waals surface area contributed by atoms with Crippen LogP contribution in [0.2, 0.25) is 0 Å². The maximum atomic E-state index is 12.7. The average Bonchev–Trinajstić information content (AvgIpc) is 2.96. The number of hydrogen-bond acceptors (Lipinski definition) is 4. The van der Waals surface area contributed by atoms with Gasteiger partial charge in [-0.05, 0) is 12.1 Å². The summed E-state index contributed by atoms with van der Waals surface area (Å²) in [6.45, 7) is 0.659. The summed E-state index contributed by atoms with van der Waals surface area (Å²) in [4.78, 5) is 1.68. The van der Waals surface area contributed by atoms with Crippen LogP contribution >= 0.6 is 0 Å². The first-order valence-electron chi connectivity index (χ1n) is 6.90. The van der Waals surface area contributed by atoms with Crippen molar-refractivity contribution in [1.82, 2.24) is 19.9 Å². The van der Waals surface area contributed by atoms with Crippen LogP contribution in [0.4, 0.5) is 13.2 Å². The first-order valence-corrected chi connectivity index (χ1v) is 6.90. The molecule has 0 bridgehead atoms. The Labute approximate surface area is 125 Å². The lowest BCUT2D eigenvalue weighted by molar-refractivity contribution is -0.237. The van der Waals surface area contributed by atoms with Gasteiger partial charge in [0.05, 0.1) is 24.2 Å². The molecule has 1 aromatic heterocycles. The molecule has 0 radical (unpaired) electrons. The first kappa shape index (κ1) is 15.0. The van der Waals surface area contributed by atoms with Gasteiger partial charge in [0.15, 0.2) is 6.10 Å². The van der Waals surface area contributed by atoms with Gasteiger partial charge in [-0.2, -0.15) is 13.2 Å². The standard InChI is InChI=1S/C14H15F3N4O/c15-14(16,17)13-10-20(6-7-22-13)8-11-9-21(19-18-11)12-4-2-1-3-5-12/h1-5,9,13H,6-8,10H2/t13-/m0/s1. The van der Waals surface area contributed by atoms with E-state index in [2.05, 4.69) is 10.3 Å². The van der Waals surface area contributed by atoms with Crippen molar-refractivity contribution < 1.29 is 17.9 Å². The minimum Gasteiger partial charge on any atom is -0.366 e. The van der Waals surface area contributed by atoms with Crippen molar-refractivity contribution in [2.45, 2.75) is 18.8 Å². The van der Waals surface area contributed by atoms with E-state index in [1.807, 2.05) is 30.3 Å². The number of rotatable bonds is 3. The van der Waals surface area contributed by atoms with Crippen LogP contribution in [0.15, 0.2) is 36.5 Å². The van der Waals surface area contributed by atoms with E-state index in [9.17, 15) is 13.2 Å². The van der Waals surface area contributed by atoms with Crippen molar-refractivity contribution in [2.24, 2.45) is 0 Å². The van der Waals surface area contributed by atoms with E-state index in [1.54, 1.807) is 15.8 Å². The van der Waals surface area contributed by atoms with Crippen LogP contribution in [0.25, 0.3) is 5.69 Å². The molecule has 2 aromatic rings. The molecule has 0 N–H and O–H groups in total. The fourth-order valence-electron chi connectivity index (χ4n) is 2.35. The Morgan fingerprint density at radius 1 is 1.23 bits per heavy atom. The molecule has 5 nitrogen and oxygen atoms in total. The largest absolute Gasteiger partial charge is 0.415 e. The molecule has 1 aromatic carbocycles. The van der Waals surface area contributed by atoms with Crippen LogP contribution in [0, 0.1) is 0 Å². The lowest BCUT2D eigenvalue weighted by atomic mass is 10.2. The molecule has 3 rings (SSSR count). The van der Waals surface area contributed by atoms with Crippen LogP contribution in [0.5, 0.6) is 0 Å². The van der Waals surface area contributed by atoms with Crippen LogP contribution in [0.3, 0.4) is 0 Å². The Morgan fingerprint density at radius 3 is 2.73 bits per heavy atom. The molecular formula is C14H15F3N4O. The third-order valence-corrected chi connectivity index (χ3v) is 3.46. The van der Waals surface area contributed by atoms with Gasteiger partial charge in [-0.15, -0.1) is 5.10 Å². The predicted molar refractivity (Wildman–Crippen MR) is 72.4 cm³/mol. The normalized spacial score (nSPS) is 20.2. The van der Waals surface area contributed by atoms with Crippen molar-refractivity contribution in [3.63, 3.8) is 0 Å². The van der Waals surface area contributed by atoms with E-state index in [-0.39, 0.29) is 13.2 Å². The lowest BCUT2D eigenvalue weighted by Gasteiger charge is -2.33. The Balaban J connectivity index is 1.65. The van der Waals surface area contributed by atoms with Crippen molar-refractivity contribution in [3.05, 3.63) is 42.2 Å². The molecule has 0 amide bonds. The summed E-state index contributed by atoms with van der Waals surface area (Å²) in [5.74, 6) is 0. The third kappa shape index (κ3) is 3.45. The van der Waals surface area contributed by atoms with E-state index in [1.165, 1.54) is 0 Å². The molecule has 0 unspecified atom stereocenters. The topological polar surface area (TPSA) is 43.2 Å². The highest BCUT2D eigenvalue weighted by Crippen LogP contribution is 2.26. The predicted octanol–water partition coefficient (Wildman–Crippen LogP) is 2.03. The summed E-state index contributed by atoms with van der Waals surface area (Å²) in [6, 6.07) is 9.42. The van der Waals surface area contributed by atoms with Gasteiger partial charge in [-0.25, -0.2) is 4.68 Å². The van der Waals surface area contributed by atoms with Crippen molar-refractivity contribution >= 4 is 0 Å². The number of para-hydroxylation sites is 1. The fourth-order valence-corrected chi connectivity index (χ4v) is 2.35. The Hall–Kier alpha value is -1.93. The van der Waals surface area contributed by atoms with Crippen LogP contribution in [0.1, 0.15) is 5.69 Å². The minimum atomic E-state index is -4.33.